The molecule has 102 valence electrons. The highest BCUT2D eigenvalue weighted by atomic mass is 16.5. The fourth-order valence-corrected chi connectivity index (χ4v) is 1.90. The Hall–Kier alpha value is -1.97. The van der Waals surface area contributed by atoms with Gasteiger partial charge >= 0.3 is 0 Å². The van der Waals surface area contributed by atoms with Gasteiger partial charge in [-0.05, 0) is 31.0 Å². The molecule has 0 amide bonds. The van der Waals surface area contributed by atoms with Crippen molar-refractivity contribution in [3.63, 3.8) is 0 Å². The summed E-state index contributed by atoms with van der Waals surface area (Å²) in [6, 6.07) is 8.47. The van der Waals surface area contributed by atoms with Crippen molar-refractivity contribution in [2.45, 2.75) is 26.3 Å². The maximum atomic E-state index is 5.58. The summed E-state index contributed by atoms with van der Waals surface area (Å²) in [5.74, 6) is 0.930. The molecule has 1 aromatic carbocycles. The molecule has 2 aromatic rings. The number of ether oxygens (including phenoxy) is 1. The van der Waals surface area contributed by atoms with Gasteiger partial charge in [0, 0.05) is 19.3 Å². The van der Waals surface area contributed by atoms with Gasteiger partial charge in [-0.15, -0.1) is 0 Å². The summed E-state index contributed by atoms with van der Waals surface area (Å²) < 4.78 is 7.37. The Kier molecular flexibility index (Phi) is 4.44. The van der Waals surface area contributed by atoms with E-state index in [1.54, 1.807) is 4.68 Å². The van der Waals surface area contributed by atoms with Crippen molar-refractivity contribution in [1.29, 1.82) is 0 Å². The second-order valence-electron chi connectivity index (χ2n) is 4.69. The topological polar surface area (TPSA) is 39.1 Å². The number of hydrogen-bond donors (Lipinski definition) is 1. The third kappa shape index (κ3) is 3.74. The largest absolute Gasteiger partial charge is 0.494 e. The van der Waals surface area contributed by atoms with E-state index in [-0.39, 0.29) is 6.04 Å². The third-order valence-corrected chi connectivity index (χ3v) is 2.94. The first-order valence-electron chi connectivity index (χ1n) is 6.67. The van der Waals surface area contributed by atoms with Crippen molar-refractivity contribution < 1.29 is 4.74 Å². The van der Waals surface area contributed by atoms with Crippen molar-refractivity contribution in [3.05, 3.63) is 42.2 Å². The number of nitrogens with one attached hydrogen (secondary N) is 1. The zero-order valence-electron chi connectivity index (χ0n) is 11.8. The quantitative estimate of drug-likeness (QED) is 0.864. The third-order valence-electron chi connectivity index (χ3n) is 2.94. The Labute approximate surface area is 114 Å². The lowest BCUT2D eigenvalue weighted by Crippen LogP contribution is -2.06. The first-order chi connectivity index (χ1) is 9.19. The molecule has 0 spiro atoms. The fraction of sp³-hybridized carbons (Fsp3) is 0.400. The zero-order valence-corrected chi connectivity index (χ0v) is 11.8. The van der Waals surface area contributed by atoms with E-state index in [2.05, 4.69) is 36.4 Å². The molecule has 1 atom stereocenters. The molecule has 1 heterocycles. The van der Waals surface area contributed by atoms with Gasteiger partial charge in [-0.25, -0.2) is 0 Å². The number of benzene rings is 1. The predicted molar refractivity (Wildman–Crippen MR) is 77.5 cm³/mol. The van der Waals surface area contributed by atoms with Crippen LogP contribution in [0.3, 0.4) is 0 Å². The molecule has 0 saturated carbocycles. The van der Waals surface area contributed by atoms with Crippen LogP contribution in [0.15, 0.2) is 36.7 Å². The van der Waals surface area contributed by atoms with Crippen molar-refractivity contribution in [3.8, 4) is 5.75 Å². The maximum Gasteiger partial charge on any atom is 0.119 e. The molecule has 0 aliphatic heterocycles. The van der Waals surface area contributed by atoms with Crippen molar-refractivity contribution >= 4 is 5.69 Å². The molecule has 0 aliphatic carbocycles. The first-order valence-corrected chi connectivity index (χ1v) is 6.67. The Bertz CT molecular complexity index is 504. The molecule has 0 fully saturated rings. The lowest BCUT2D eigenvalue weighted by Gasteiger charge is -2.14. The van der Waals surface area contributed by atoms with Gasteiger partial charge in [-0.2, -0.15) is 5.10 Å². The smallest absolute Gasteiger partial charge is 0.119 e. The van der Waals surface area contributed by atoms with E-state index in [9.17, 15) is 0 Å². The van der Waals surface area contributed by atoms with Gasteiger partial charge in [0.2, 0.25) is 0 Å². The van der Waals surface area contributed by atoms with E-state index in [0.29, 0.717) is 0 Å². The normalized spacial score (nSPS) is 12.2. The van der Waals surface area contributed by atoms with Gasteiger partial charge in [0.25, 0.3) is 0 Å². The summed E-state index contributed by atoms with van der Waals surface area (Å²) in [4.78, 5) is 0. The molecular weight excluding hydrogens is 238 g/mol. The average molecular weight is 259 g/mol. The van der Waals surface area contributed by atoms with E-state index in [1.165, 1.54) is 5.56 Å². The molecule has 2 rings (SSSR count). The van der Waals surface area contributed by atoms with Crippen molar-refractivity contribution in [1.82, 2.24) is 9.78 Å². The van der Waals surface area contributed by atoms with Crippen LogP contribution in [-0.4, -0.2) is 16.4 Å². The SMILES string of the molecule is CCCOc1ccc(C(C)Nc2cnn(C)c2)cc1. The monoisotopic (exact) mass is 259 g/mol. The van der Waals surface area contributed by atoms with Gasteiger partial charge in [-0.3, -0.25) is 4.68 Å². The van der Waals surface area contributed by atoms with Crippen LogP contribution < -0.4 is 10.1 Å². The lowest BCUT2D eigenvalue weighted by atomic mass is 10.1. The van der Waals surface area contributed by atoms with E-state index < -0.39 is 0 Å². The Balaban J connectivity index is 1.97. The predicted octanol–water partition coefficient (Wildman–Crippen LogP) is 3.38. The van der Waals surface area contributed by atoms with Crippen LogP contribution in [0.5, 0.6) is 5.75 Å². The van der Waals surface area contributed by atoms with E-state index in [1.807, 2.05) is 31.6 Å². The highest BCUT2D eigenvalue weighted by Gasteiger charge is 2.06. The highest BCUT2D eigenvalue weighted by Crippen LogP contribution is 2.21. The molecular formula is C15H21N3O. The van der Waals surface area contributed by atoms with Crippen LogP contribution in [0.25, 0.3) is 0 Å². The van der Waals surface area contributed by atoms with Crippen LogP contribution >= 0.6 is 0 Å². The zero-order chi connectivity index (χ0) is 13.7. The summed E-state index contributed by atoms with van der Waals surface area (Å²) in [6.45, 7) is 5.01. The fourth-order valence-electron chi connectivity index (χ4n) is 1.90. The van der Waals surface area contributed by atoms with E-state index >= 15 is 0 Å². The number of nitrogens with zero attached hydrogens (tertiary/aromatic N) is 2. The molecule has 0 saturated heterocycles. The van der Waals surface area contributed by atoms with E-state index in [0.717, 1.165) is 24.5 Å². The minimum absolute atomic E-state index is 0.240. The van der Waals surface area contributed by atoms with Crippen LogP contribution in [0.1, 0.15) is 31.9 Å². The van der Waals surface area contributed by atoms with Crippen LogP contribution in [-0.2, 0) is 7.05 Å². The van der Waals surface area contributed by atoms with Gasteiger partial charge in [-0.1, -0.05) is 19.1 Å². The average Bonchev–Trinajstić information content (AvgIpc) is 2.82. The van der Waals surface area contributed by atoms with Crippen LogP contribution in [0.4, 0.5) is 5.69 Å². The van der Waals surface area contributed by atoms with Crippen LogP contribution in [0, 0.1) is 0 Å². The summed E-state index contributed by atoms with van der Waals surface area (Å²) in [5.41, 5.74) is 2.26. The maximum absolute atomic E-state index is 5.58. The minimum atomic E-state index is 0.240. The molecule has 0 radical (unpaired) electrons. The molecule has 0 aliphatic rings. The summed E-state index contributed by atoms with van der Waals surface area (Å²) in [5, 5.41) is 7.56. The van der Waals surface area contributed by atoms with Gasteiger partial charge in [0.1, 0.15) is 5.75 Å². The minimum Gasteiger partial charge on any atom is -0.494 e. The standard InChI is InChI=1S/C15H21N3O/c1-4-9-19-15-7-5-13(6-8-15)12(2)17-14-10-16-18(3)11-14/h5-8,10-12,17H,4,9H2,1-3H3. The first kappa shape index (κ1) is 13.5. The summed E-state index contributed by atoms with van der Waals surface area (Å²) in [7, 11) is 1.91. The number of hydrogen-bond acceptors (Lipinski definition) is 3. The molecule has 1 aromatic heterocycles. The molecule has 1 N–H and O–H groups in total. The number of anilines is 1. The Morgan fingerprint density at radius 2 is 2.05 bits per heavy atom. The number of rotatable bonds is 6. The van der Waals surface area contributed by atoms with Crippen LogP contribution in [0.2, 0.25) is 0 Å². The molecule has 4 heteroatoms. The highest BCUT2D eigenvalue weighted by molar-refractivity contribution is 5.42. The second kappa shape index (κ2) is 6.27. The second-order valence-corrected chi connectivity index (χ2v) is 4.69. The van der Waals surface area contributed by atoms with Gasteiger partial charge < -0.3 is 10.1 Å². The van der Waals surface area contributed by atoms with Gasteiger partial charge in [0.15, 0.2) is 0 Å². The van der Waals surface area contributed by atoms with Crippen molar-refractivity contribution in [2.75, 3.05) is 11.9 Å². The Morgan fingerprint density at radius 1 is 1.32 bits per heavy atom. The molecule has 0 bridgehead atoms. The molecule has 1 unspecified atom stereocenters. The summed E-state index contributed by atoms with van der Waals surface area (Å²) >= 11 is 0. The lowest BCUT2D eigenvalue weighted by molar-refractivity contribution is 0.317. The Morgan fingerprint density at radius 3 is 2.63 bits per heavy atom. The molecule has 4 nitrogen and oxygen atoms in total. The molecule has 19 heavy (non-hydrogen) atoms. The number of aryl methyl sites for hydroxylation is 1. The van der Waals surface area contributed by atoms with Crippen molar-refractivity contribution in [2.24, 2.45) is 7.05 Å². The van der Waals surface area contributed by atoms with Gasteiger partial charge in [0.05, 0.1) is 18.5 Å². The number of aromatic nitrogens is 2. The summed E-state index contributed by atoms with van der Waals surface area (Å²) in [6.07, 6.45) is 4.82. The van der Waals surface area contributed by atoms with E-state index in [4.69, 9.17) is 4.74 Å².